The summed E-state index contributed by atoms with van der Waals surface area (Å²) >= 11 is 0. The van der Waals surface area contributed by atoms with E-state index in [-0.39, 0.29) is 17.1 Å². The van der Waals surface area contributed by atoms with Crippen molar-refractivity contribution in [3.63, 3.8) is 0 Å². The number of pyridine rings is 1. The van der Waals surface area contributed by atoms with E-state index >= 15 is 0 Å². The Morgan fingerprint density at radius 3 is 2.42 bits per heavy atom. The molecule has 0 amide bonds. The molecular weight excluding hydrogens is 518 g/mol. The second kappa shape index (κ2) is 10.8. The largest absolute Gasteiger partial charge is 0.487 e. The van der Waals surface area contributed by atoms with Gasteiger partial charge in [-0.1, -0.05) is 42.5 Å². The van der Waals surface area contributed by atoms with Gasteiger partial charge in [-0.05, 0) is 77.6 Å². The van der Waals surface area contributed by atoms with E-state index in [4.69, 9.17) is 4.74 Å². The number of ether oxygens (including phenoxy) is 1. The zero-order valence-electron chi connectivity index (χ0n) is 22.3. The lowest BCUT2D eigenvalue weighted by molar-refractivity contribution is 0.0226. The maximum absolute atomic E-state index is 12.7. The van der Waals surface area contributed by atoms with Gasteiger partial charge in [0.15, 0.2) is 9.84 Å². The summed E-state index contributed by atoms with van der Waals surface area (Å²) in [5, 5.41) is 9.23. The predicted molar refractivity (Wildman–Crippen MR) is 157 cm³/mol. The lowest BCUT2D eigenvalue weighted by Crippen LogP contribution is -2.49. The number of anilines is 1. The molecule has 1 fully saturated rings. The van der Waals surface area contributed by atoms with E-state index in [1.807, 2.05) is 42.5 Å². The number of hydrogen-bond donors (Lipinski definition) is 0. The molecule has 2 aliphatic rings. The lowest BCUT2D eigenvalue weighted by Gasteiger charge is -2.45. The van der Waals surface area contributed by atoms with Gasteiger partial charge < -0.3 is 9.64 Å². The van der Waals surface area contributed by atoms with E-state index in [0.29, 0.717) is 11.3 Å². The number of aromatic nitrogens is 1. The van der Waals surface area contributed by atoms with Gasteiger partial charge in [-0.25, -0.2) is 8.42 Å². The van der Waals surface area contributed by atoms with Crippen molar-refractivity contribution in [1.82, 2.24) is 4.98 Å². The molecule has 1 spiro atoms. The highest BCUT2D eigenvalue weighted by Gasteiger charge is 2.39. The van der Waals surface area contributed by atoms with E-state index in [1.165, 1.54) is 5.56 Å². The highest BCUT2D eigenvalue weighted by molar-refractivity contribution is 7.89. The van der Waals surface area contributed by atoms with E-state index in [0.717, 1.165) is 66.9 Å². The fraction of sp³-hybridized carbons (Fsp3) is 0.273. The van der Waals surface area contributed by atoms with Crippen LogP contribution in [0.1, 0.15) is 41.6 Å². The van der Waals surface area contributed by atoms with Crippen LogP contribution in [-0.2, 0) is 27.8 Å². The summed E-state index contributed by atoms with van der Waals surface area (Å²) in [4.78, 5) is 6.49. The van der Waals surface area contributed by atoms with Crippen LogP contribution in [0.3, 0.4) is 0 Å². The number of hydrogen-bond acceptors (Lipinski definition) is 6. The summed E-state index contributed by atoms with van der Waals surface area (Å²) in [6.45, 7) is 1.82. The van der Waals surface area contributed by atoms with Crippen LogP contribution in [0.4, 0.5) is 5.69 Å². The van der Waals surface area contributed by atoms with Crippen molar-refractivity contribution in [3.8, 4) is 22.9 Å². The van der Waals surface area contributed by atoms with Crippen molar-refractivity contribution in [2.24, 2.45) is 0 Å². The third-order valence-electron chi connectivity index (χ3n) is 8.02. The molecule has 202 valence electrons. The zero-order valence-corrected chi connectivity index (χ0v) is 23.1. The number of piperidine rings is 1. The third-order valence-corrected chi connectivity index (χ3v) is 9.53. The van der Waals surface area contributed by atoms with Crippen molar-refractivity contribution in [2.45, 2.75) is 42.8 Å². The van der Waals surface area contributed by atoms with Gasteiger partial charge in [-0.3, -0.25) is 4.98 Å². The van der Waals surface area contributed by atoms with Gasteiger partial charge in [0.2, 0.25) is 0 Å². The summed E-state index contributed by atoms with van der Waals surface area (Å²) in [6, 6.07) is 29.5. The predicted octanol–water partition coefficient (Wildman–Crippen LogP) is 6.10. The van der Waals surface area contributed by atoms with Crippen molar-refractivity contribution in [1.29, 1.82) is 5.26 Å². The smallest absolute Gasteiger partial charge is 0.160 e. The molecule has 1 aromatic heterocycles. The van der Waals surface area contributed by atoms with Gasteiger partial charge in [-0.2, -0.15) is 5.26 Å². The van der Waals surface area contributed by atoms with Crippen LogP contribution >= 0.6 is 0 Å². The van der Waals surface area contributed by atoms with Crippen molar-refractivity contribution < 1.29 is 13.2 Å². The maximum Gasteiger partial charge on any atom is 0.160 e. The highest BCUT2D eigenvalue weighted by Crippen LogP contribution is 2.41. The van der Waals surface area contributed by atoms with Crippen molar-refractivity contribution >= 4 is 15.5 Å². The average molecular weight is 550 g/mol. The minimum absolute atomic E-state index is 0.00878. The Bertz CT molecular complexity index is 1650. The molecule has 0 bridgehead atoms. The summed E-state index contributed by atoms with van der Waals surface area (Å²) in [7, 11) is -3.31. The van der Waals surface area contributed by atoms with Crippen LogP contribution in [0.25, 0.3) is 11.1 Å². The van der Waals surface area contributed by atoms with Crippen LogP contribution in [0.2, 0.25) is 0 Å². The van der Waals surface area contributed by atoms with Gasteiger partial charge in [0, 0.05) is 37.8 Å². The molecule has 0 saturated carbocycles. The molecule has 6 nitrogen and oxygen atoms in total. The molecule has 0 aliphatic carbocycles. The topological polar surface area (TPSA) is 83.3 Å². The van der Waals surface area contributed by atoms with E-state index in [2.05, 4.69) is 40.2 Å². The number of fused-ring (bicyclic) bond motifs is 1. The summed E-state index contributed by atoms with van der Waals surface area (Å²) in [6.07, 6.45) is 5.48. The molecule has 6 rings (SSSR count). The van der Waals surface area contributed by atoms with Crippen LogP contribution < -0.4 is 9.64 Å². The third kappa shape index (κ3) is 5.73. The standard InChI is InChI=1S/C33H31N3O3S/c34-22-26-4-3-6-31(20-26)36-18-15-33(16-19-36)14-13-29-21-28(11-12-32(29)39-33)27-9-7-25(8-10-27)23-40(37,38)24-30-5-1-2-17-35-30/h1-12,17,20-21H,13-16,18-19,23-24H2. The number of nitrogens with zero attached hydrogens (tertiary/aromatic N) is 3. The molecule has 0 radical (unpaired) electrons. The number of nitriles is 1. The number of aryl methyl sites for hydroxylation is 1. The Morgan fingerprint density at radius 1 is 0.875 bits per heavy atom. The molecule has 0 unspecified atom stereocenters. The molecule has 0 N–H and O–H groups in total. The first kappa shape index (κ1) is 26.1. The fourth-order valence-electron chi connectivity index (χ4n) is 5.80. The Labute approximate surface area is 235 Å². The normalized spacial score (nSPS) is 16.1. The minimum atomic E-state index is -3.31. The SMILES string of the molecule is N#Cc1cccc(N2CCC3(CCc4cc(-c5ccc(CS(=O)(=O)Cc6ccccn6)cc5)ccc4O3)CC2)c1. The number of benzene rings is 3. The molecule has 3 aromatic carbocycles. The van der Waals surface area contributed by atoms with Crippen LogP contribution in [0, 0.1) is 11.3 Å². The fourth-order valence-corrected chi connectivity index (χ4v) is 7.23. The van der Waals surface area contributed by atoms with Gasteiger partial charge in [0.1, 0.15) is 11.4 Å². The highest BCUT2D eigenvalue weighted by atomic mass is 32.2. The Morgan fingerprint density at radius 2 is 1.68 bits per heavy atom. The zero-order chi connectivity index (χ0) is 27.6. The number of sulfone groups is 1. The molecule has 40 heavy (non-hydrogen) atoms. The molecule has 1 saturated heterocycles. The first-order valence-electron chi connectivity index (χ1n) is 13.7. The first-order chi connectivity index (χ1) is 19.4. The molecule has 2 aliphatic heterocycles. The van der Waals surface area contributed by atoms with E-state index in [1.54, 1.807) is 24.4 Å². The van der Waals surface area contributed by atoms with Crippen molar-refractivity contribution in [2.75, 3.05) is 18.0 Å². The average Bonchev–Trinajstić information content (AvgIpc) is 2.98. The lowest BCUT2D eigenvalue weighted by atomic mass is 9.82. The van der Waals surface area contributed by atoms with Gasteiger partial charge >= 0.3 is 0 Å². The first-order valence-corrected chi connectivity index (χ1v) is 15.5. The Hall–Kier alpha value is -4.15. The second-order valence-electron chi connectivity index (χ2n) is 10.8. The Balaban J connectivity index is 1.10. The monoisotopic (exact) mass is 549 g/mol. The molecule has 3 heterocycles. The molecule has 7 heteroatoms. The minimum Gasteiger partial charge on any atom is -0.487 e. The Kier molecular flexibility index (Phi) is 7.03. The maximum atomic E-state index is 12.7. The van der Waals surface area contributed by atoms with Gasteiger partial charge in [0.05, 0.1) is 28.8 Å². The second-order valence-corrected chi connectivity index (χ2v) is 12.9. The van der Waals surface area contributed by atoms with Crippen LogP contribution in [0.5, 0.6) is 5.75 Å². The quantitative estimate of drug-likeness (QED) is 0.289. The molecular formula is C33H31N3O3S. The molecule has 0 atom stereocenters. The van der Waals surface area contributed by atoms with E-state index < -0.39 is 9.84 Å². The van der Waals surface area contributed by atoms with Gasteiger partial charge in [0.25, 0.3) is 0 Å². The van der Waals surface area contributed by atoms with Gasteiger partial charge in [-0.15, -0.1) is 0 Å². The van der Waals surface area contributed by atoms with Crippen molar-refractivity contribution in [3.05, 3.63) is 114 Å². The van der Waals surface area contributed by atoms with Crippen LogP contribution in [0.15, 0.2) is 91.1 Å². The summed E-state index contributed by atoms with van der Waals surface area (Å²) < 4.78 is 32.0. The van der Waals surface area contributed by atoms with Crippen LogP contribution in [-0.4, -0.2) is 32.1 Å². The van der Waals surface area contributed by atoms with E-state index in [9.17, 15) is 13.7 Å². The number of rotatable bonds is 6. The summed E-state index contributed by atoms with van der Waals surface area (Å²) in [5.74, 6) is 0.895. The summed E-state index contributed by atoms with van der Waals surface area (Å²) in [5.41, 5.74) is 6.37. The molecule has 4 aromatic rings.